The van der Waals surface area contributed by atoms with Gasteiger partial charge in [0.1, 0.15) is 0 Å². The molecular weight excluding hydrogens is 324 g/mol. The Labute approximate surface area is 146 Å². The van der Waals surface area contributed by atoms with E-state index in [4.69, 9.17) is 11.6 Å². The molecule has 24 heavy (non-hydrogen) atoms. The number of rotatable bonds is 5. The van der Waals surface area contributed by atoms with Gasteiger partial charge in [0.2, 0.25) is 11.8 Å². The van der Waals surface area contributed by atoms with Gasteiger partial charge in [-0.05, 0) is 42.8 Å². The molecule has 2 aromatic carbocycles. The minimum absolute atomic E-state index is 0.0212. The van der Waals surface area contributed by atoms with Crippen LogP contribution < -0.4 is 5.32 Å². The maximum absolute atomic E-state index is 12.1. The molecule has 0 heterocycles. The number of nitrogens with zero attached hydrogens (tertiary/aromatic N) is 1. The Morgan fingerprint density at radius 1 is 1.17 bits per heavy atom. The van der Waals surface area contributed by atoms with Crippen molar-refractivity contribution in [3.8, 4) is 0 Å². The lowest BCUT2D eigenvalue weighted by Gasteiger charge is -2.15. The standard InChI is InChI=1S/C19H19ClN2O2/c1-14-6-9-17(10-7-14)21-18(23)13-22(2)19(24)11-8-15-4-3-5-16(20)12-15/h3-12H,13H2,1-2H3,(H,21,23)/b11-8+. The van der Waals surface area contributed by atoms with E-state index in [0.29, 0.717) is 10.7 Å². The zero-order chi connectivity index (χ0) is 17.5. The average molecular weight is 343 g/mol. The third-order valence-corrected chi connectivity index (χ3v) is 3.59. The molecule has 4 nitrogen and oxygen atoms in total. The molecule has 0 aliphatic heterocycles. The fourth-order valence-electron chi connectivity index (χ4n) is 2.04. The minimum Gasteiger partial charge on any atom is -0.333 e. The number of nitrogens with one attached hydrogen (secondary N) is 1. The van der Waals surface area contributed by atoms with Crippen LogP contribution in [-0.2, 0) is 9.59 Å². The third kappa shape index (κ3) is 5.56. The molecule has 2 aromatic rings. The quantitative estimate of drug-likeness (QED) is 0.841. The van der Waals surface area contributed by atoms with Gasteiger partial charge in [-0.15, -0.1) is 0 Å². The summed E-state index contributed by atoms with van der Waals surface area (Å²) in [6.07, 6.45) is 3.09. The summed E-state index contributed by atoms with van der Waals surface area (Å²) in [7, 11) is 1.58. The number of benzene rings is 2. The van der Waals surface area contributed by atoms with Gasteiger partial charge >= 0.3 is 0 Å². The summed E-state index contributed by atoms with van der Waals surface area (Å²) < 4.78 is 0. The highest BCUT2D eigenvalue weighted by molar-refractivity contribution is 6.30. The average Bonchev–Trinajstić information content (AvgIpc) is 2.54. The van der Waals surface area contributed by atoms with Crippen molar-refractivity contribution >= 4 is 35.2 Å². The van der Waals surface area contributed by atoms with Crippen LogP contribution in [0.5, 0.6) is 0 Å². The smallest absolute Gasteiger partial charge is 0.246 e. The zero-order valence-corrected chi connectivity index (χ0v) is 14.4. The Balaban J connectivity index is 1.88. The summed E-state index contributed by atoms with van der Waals surface area (Å²) in [6, 6.07) is 14.7. The maximum Gasteiger partial charge on any atom is 0.246 e. The van der Waals surface area contributed by atoms with Crippen molar-refractivity contribution in [1.82, 2.24) is 4.90 Å². The lowest BCUT2D eigenvalue weighted by Crippen LogP contribution is -2.33. The summed E-state index contributed by atoms with van der Waals surface area (Å²) in [6.45, 7) is 1.96. The van der Waals surface area contributed by atoms with Gasteiger partial charge in [0.05, 0.1) is 6.54 Å². The van der Waals surface area contributed by atoms with Gasteiger partial charge in [-0.1, -0.05) is 41.4 Å². The van der Waals surface area contributed by atoms with Crippen molar-refractivity contribution in [1.29, 1.82) is 0 Å². The molecule has 1 N–H and O–H groups in total. The van der Waals surface area contributed by atoms with E-state index < -0.39 is 0 Å². The van der Waals surface area contributed by atoms with Crippen molar-refractivity contribution in [2.24, 2.45) is 0 Å². The van der Waals surface area contributed by atoms with E-state index >= 15 is 0 Å². The Hall–Kier alpha value is -2.59. The lowest BCUT2D eigenvalue weighted by molar-refractivity contribution is -0.129. The van der Waals surface area contributed by atoms with Gasteiger partial charge in [-0.3, -0.25) is 9.59 Å². The van der Waals surface area contributed by atoms with Crippen molar-refractivity contribution in [2.75, 3.05) is 18.9 Å². The molecule has 0 radical (unpaired) electrons. The Kier molecular flexibility index (Phi) is 6.15. The van der Waals surface area contributed by atoms with E-state index in [2.05, 4.69) is 5.32 Å². The molecule has 0 aliphatic carbocycles. The molecule has 0 aromatic heterocycles. The van der Waals surface area contributed by atoms with E-state index in [9.17, 15) is 9.59 Å². The molecule has 0 fully saturated rings. The number of carbonyl (C=O) groups excluding carboxylic acids is 2. The first kappa shape index (κ1) is 17.8. The predicted molar refractivity (Wildman–Crippen MR) is 97.9 cm³/mol. The second-order valence-electron chi connectivity index (χ2n) is 5.50. The highest BCUT2D eigenvalue weighted by Gasteiger charge is 2.10. The first-order valence-electron chi connectivity index (χ1n) is 7.49. The first-order valence-corrected chi connectivity index (χ1v) is 7.87. The molecular formula is C19H19ClN2O2. The molecule has 2 amide bonds. The molecule has 124 valence electrons. The summed E-state index contributed by atoms with van der Waals surface area (Å²) in [5, 5.41) is 3.37. The van der Waals surface area contributed by atoms with Crippen LogP contribution in [0.4, 0.5) is 5.69 Å². The molecule has 0 atom stereocenters. The third-order valence-electron chi connectivity index (χ3n) is 3.36. The van der Waals surface area contributed by atoms with Gasteiger partial charge in [0.15, 0.2) is 0 Å². The van der Waals surface area contributed by atoms with Crippen LogP contribution in [0.2, 0.25) is 5.02 Å². The number of aryl methyl sites for hydroxylation is 1. The van der Waals surface area contributed by atoms with E-state index in [1.807, 2.05) is 43.3 Å². The van der Waals surface area contributed by atoms with Crippen molar-refractivity contribution < 1.29 is 9.59 Å². The fourth-order valence-corrected chi connectivity index (χ4v) is 2.23. The van der Waals surface area contributed by atoms with Crippen LogP contribution in [0.1, 0.15) is 11.1 Å². The van der Waals surface area contributed by atoms with E-state index in [-0.39, 0.29) is 18.4 Å². The minimum atomic E-state index is -0.256. The van der Waals surface area contributed by atoms with Gasteiger partial charge in [-0.2, -0.15) is 0 Å². The highest BCUT2D eigenvalue weighted by Crippen LogP contribution is 2.12. The predicted octanol–water partition coefficient (Wildman–Crippen LogP) is 3.76. The second kappa shape index (κ2) is 8.31. The fraction of sp³-hybridized carbons (Fsp3) is 0.158. The number of likely N-dealkylation sites (N-methyl/N-ethyl adjacent to an activating group) is 1. The van der Waals surface area contributed by atoms with Crippen molar-refractivity contribution in [3.63, 3.8) is 0 Å². The van der Waals surface area contributed by atoms with Gasteiger partial charge in [-0.25, -0.2) is 0 Å². The van der Waals surface area contributed by atoms with Crippen LogP contribution in [0.15, 0.2) is 54.6 Å². The lowest BCUT2D eigenvalue weighted by atomic mass is 10.2. The monoisotopic (exact) mass is 342 g/mol. The normalized spacial score (nSPS) is 10.6. The van der Waals surface area contributed by atoms with Crippen LogP contribution in [0.3, 0.4) is 0 Å². The largest absolute Gasteiger partial charge is 0.333 e. The number of halogens is 1. The Morgan fingerprint density at radius 2 is 1.88 bits per heavy atom. The zero-order valence-electron chi connectivity index (χ0n) is 13.6. The molecule has 0 saturated heterocycles. The van der Waals surface area contributed by atoms with Gasteiger partial charge in [0.25, 0.3) is 0 Å². The number of amides is 2. The first-order chi connectivity index (χ1) is 11.4. The summed E-state index contributed by atoms with van der Waals surface area (Å²) in [4.78, 5) is 25.4. The van der Waals surface area contributed by atoms with Crippen molar-refractivity contribution in [2.45, 2.75) is 6.92 Å². The summed E-state index contributed by atoms with van der Waals surface area (Å²) in [5.74, 6) is -0.500. The SMILES string of the molecule is Cc1ccc(NC(=O)CN(C)C(=O)/C=C/c2cccc(Cl)c2)cc1. The summed E-state index contributed by atoms with van der Waals surface area (Å²) >= 11 is 5.90. The van der Waals surface area contributed by atoms with E-state index in [1.54, 1.807) is 25.3 Å². The molecule has 2 rings (SSSR count). The Bertz CT molecular complexity index is 754. The van der Waals surface area contributed by atoms with Crippen molar-refractivity contribution in [3.05, 3.63) is 70.8 Å². The highest BCUT2D eigenvalue weighted by atomic mass is 35.5. The topological polar surface area (TPSA) is 49.4 Å². The van der Waals surface area contributed by atoms with E-state index in [0.717, 1.165) is 11.1 Å². The molecule has 0 aliphatic rings. The van der Waals surface area contributed by atoms with Crippen LogP contribution in [-0.4, -0.2) is 30.3 Å². The number of carbonyl (C=O) groups is 2. The molecule has 0 bridgehead atoms. The molecule has 0 unspecified atom stereocenters. The Morgan fingerprint density at radius 3 is 2.54 bits per heavy atom. The molecule has 0 spiro atoms. The maximum atomic E-state index is 12.1. The number of anilines is 1. The van der Waals surface area contributed by atoms with Gasteiger partial charge in [0, 0.05) is 23.8 Å². The van der Waals surface area contributed by atoms with Crippen LogP contribution in [0.25, 0.3) is 6.08 Å². The number of hydrogen-bond acceptors (Lipinski definition) is 2. The molecule has 0 saturated carbocycles. The second-order valence-corrected chi connectivity index (χ2v) is 5.93. The molecule has 5 heteroatoms. The number of hydrogen-bond donors (Lipinski definition) is 1. The summed E-state index contributed by atoms with van der Waals surface area (Å²) in [5.41, 5.74) is 2.65. The van der Waals surface area contributed by atoms with Crippen LogP contribution in [0, 0.1) is 6.92 Å². The van der Waals surface area contributed by atoms with Crippen LogP contribution >= 0.6 is 11.6 Å². The van der Waals surface area contributed by atoms with E-state index in [1.165, 1.54) is 11.0 Å². The van der Waals surface area contributed by atoms with Gasteiger partial charge < -0.3 is 10.2 Å².